The van der Waals surface area contributed by atoms with E-state index in [4.69, 9.17) is 5.14 Å². The van der Waals surface area contributed by atoms with Gasteiger partial charge in [0.15, 0.2) is 5.13 Å². The van der Waals surface area contributed by atoms with Crippen molar-refractivity contribution in [1.82, 2.24) is 9.55 Å². The molecule has 0 unspecified atom stereocenters. The van der Waals surface area contributed by atoms with Crippen LogP contribution < -0.4 is 10.5 Å². The smallest absolute Gasteiger partial charge is 0.238 e. The molecule has 3 rings (SSSR count). The summed E-state index contributed by atoms with van der Waals surface area (Å²) in [6, 6.07) is 8.62. The van der Waals surface area contributed by atoms with E-state index in [-0.39, 0.29) is 4.90 Å². The molecule has 0 radical (unpaired) electrons. The van der Waals surface area contributed by atoms with Gasteiger partial charge in [-0.25, -0.2) is 18.5 Å². The van der Waals surface area contributed by atoms with Crippen LogP contribution in [0.2, 0.25) is 0 Å². The number of nitrogens with two attached hydrogens (primary N) is 1. The van der Waals surface area contributed by atoms with Crippen LogP contribution in [0.5, 0.6) is 0 Å². The molecule has 6 nitrogen and oxygen atoms in total. The molecule has 0 fully saturated rings. The topological polar surface area (TPSA) is 90.0 Å². The quantitative estimate of drug-likeness (QED) is 0.633. The van der Waals surface area contributed by atoms with E-state index >= 15 is 0 Å². The van der Waals surface area contributed by atoms with Crippen molar-refractivity contribution >= 4 is 26.5 Å². The van der Waals surface area contributed by atoms with Crippen molar-refractivity contribution in [1.29, 1.82) is 0 Å². The summed E-state index contributed by atoms with van der Waals surface area (Å²) in [7, 11) is -3.70. The zero-order valence-corrected chi connectivity index (χ0v) is 16.2. The van der Waals surface area contributed by atoms with Gasteiger partial charge in [-0.3, -0.25) is 0 Å². The highest BCUT2D eigenvalue weighted by atomic mass is 32.2. The van der Waals surface area contributed by atoms with Crippen LogP contribution in [0, 0.1) is 13.8 Å². The van der Waals surface area contributed by atoms with Gasteiger partial charge in [-0.05, 0) is 44.2 Å². The van der Waals surface area contributed by atoms with Gasteiger partial charge in [0.1, 0.15) is 0 Å². The number of nitrogens with zero attached hydrogens (tertiary/aromatic N) is 2. The summed E-state index contributed by atoms with van der Waals surface area (Å²) in [6.07, 6.45) is 1.79. The second kappa shape index (κ2) is 7.06. The number of hydrogen-bond donors (Lipinski definition) is 2. The first-order valence-electron chi connectivity index (χ1n) is 7.94. The summed E-state index contributed by atoms with van der Waals surface area (Å²) in [5.41, 5.74) is 4.89. The van der Waals surface area contributed by atoms with E-state index in [1.54, 1.807) is 29.5 Å². The summed E-state index contributed by atoms with van der Waals surface area (Å²) in [6.45, 7) is 8.39. The van der Waals surface area contributed by atoms with Gasteiger partial charge in [0, 0.05) is 34.6 Å². The van der Waals surface area contributed by atoms with E-state index in [2.05, 4.69) is 27.5 Å². The summed E-state index contributed by atoms with van der Waals surface area (Å²) >= 11 is 1.55. The number of aryl methyl sites for hydroxylation is 1. The fourth-order valence-electron chi connectivity index (χ4n) is 2.84. The Bertz CT molecular complexity index is 1050. The Kier molecular flexibility index (Phi) is 4.99. The molecule has 136 valence electrons. The van der Waals surface area contributed by atoms with Crippen molar-refractivity contribution in [2.45, 2.75) is 18.7 Å². The predicted octanol–water partition coefficient (Wildman–Crippen LogP) is 3.46. The summed E-state index contributed by atoms with van der Waals surface area (Å²) in [5.74, 6) is 0. The maximum absolute atomic E-state index is 11.4. The second-order valence-corrected chi connectivity index (χ2v) is 8.29. The number of nitrogens with one attached hydrogen (secondary N) is 1. The number of thiazole rings is 1. The van der Waals surface area contributed by atoms with Gasteiger partial charge in [0.05, 0.1) is 10.6 Å². The van der Waals surface area contributed by atoms with Gasteiger partial charge in [-0.1, -0.05) is 6.08 Å². The molecule has 3 N–H and O–H groups in total. The Morgan fingerprint density at radius 1 is 1.31 bits per heavy atom. The second-order valence-electron chi connectivity index (χ2n) is 5.87. The molecule has 2 aromatic heterocycles. The van der Waals surface area contributed by atoms with Crippen molar-refractivity contribution in [3.8, 4) is 16.9 Å². The van der Waals surface area contributed by atoms with Gasteiger partial charge >= 0.3 is 0 Å². The minimum absolute atomic E-state index is 0.0985. The molecule has 1 aromatic carbocycles. The van der Waals surface area contributed by atoms with E-state index in [1.165, 1.54) is 12.1 Å². The van der Waals surface area contributed by atoms with Crippen LogP contribution in [0.1, 0.15) is 11.4 Å². The van der Waals surface area contributed by atoms with E-state index < -0.39 is 10.0 Å². The molecule has 0 amide bonds. The van der Waals surface area contributed by atoms with E-state index in [9.17, 15) is 8.42 Å². The zero-order valence-electron chi connectivity index (χ0n) is 14.6. The zero-order chi connectivity index (χ0) is 18.9. The third-order valence-corrected chi connectivity index (χ3v) is 5.76. The molecule has 26 heavy (non-hydrogen) atoms. The lowest BCUT2D eigenvalue weighted by molar-refractivity contribution is 0.598. The van der Waals surface area contributed by atoms with Crippen LogP contribution in [-0.2, 0) is 10.0 Å². The van der Waals surface area contributed by atoms with Crippen LogP contribution in [0.4, 0.5) is 5.13 Å². The molecular formula is C18H20N4O2S2. The maximum atomic E-state index is 11.4. The monoisotopic (exact) mass is 388 g/mol. The molecule has 0 aliphatic carbocycles. The first-order chi connectivity index (χ1) is 12.3. The minimum atomic E-state index is -3.70. The van der Waals surface area contributed by atoms with E-state index in [0.29, 0.717) is 6.54 Å². The largest absolute Gasteiger partial charge is 0.358 e. The standard InChI is InChI=1S/C18H20N4O2S2/c1-4-9-20-18-21-17(11-25-18)16-10-12(2)22(13(16)3)14-5-7-15(8-6-14)26(19,23)24/h4-8,10-11H,1,9H2,2-3H3,(H,20,21)(H2,19,23,24). The number of benzene rings is 1. The van der Waals surface area contributed by atoms with Crippen LogP contribution in [0.25, 0.3) is 16.9 Å². The first kappa shape index (κ1) is 18.4. The van der Waals surface area contributed by atoms with Crippen LogP contribution >= 0.6 is 11.3 Å². The number of aromatic nitrogens is 2. The lowest BCUT2D eigenvalue weighted by Crippen LogP contribution is -2.12. The maximum Gasteiger partial charge on any atom is 0.238 e. The van der Waals surface area contributed by atoms with Crippen molar-refractivity contribution in [3.05, 3.63) is 59.8 Å². The van der Waals surface area contributed by atoms with Gasteiger partial charge in [-0.2, -0.15) is 0 Å². The SMILES string of the molecule is C=CCNc1nc(-c2cc(C)n(-c3ccc(S(N)(=O)=O)cc3)c2C)cs1. The normalized spacial score (nSPS) is 11.5. The number of hydrogen-bond acceptors (Lipinski definition) is 5. The van der Waals surface area contributed by atoms with Gasteiger partial charge in [0.25, 0.3) is 0 Å². The van der Waals surface area contributed by atoms with Crippen molar-refractivity contribution in [2.75, 3.05) is 11.9 Å². The number of primary sulfonamides is 1. The number of rotatable bonds is 6. The molecule has 8 heteroatoms. The molecule has 3 aromatic rings. The summed E-state index contributed by atoms with van der Waals surface area (Å²) in [5, 5.41) is 11.2. The molecule has 0 atom stereocenters. The first-order valence-corrected chi connectivity index (χ1v) is 10.4. The fraction of sp³-hybridized carbons (Fsp3) is 0.167. The van der Waals surface area contributed by atoms with Gasteiger partial charge < -0.3 is 9.88 Å². The lowest BCUT2D eigenvalue weighted by Gasteiger charge is -2.10. The number of sulfonamides is 1. The minimum Gasteiger partial charge on any atom is -0.358 e. The Labute approximate surface area is 157 Å². The highest BCUT2D eigenvalue weighted by Gasteiger charge is 2.15. The van der Waals surface area contributed by atoms with Gasteiger partial charge in [-0.15, -0.1) is 17.9 Å². The average molecular weight is 389 g/mol. The Hall–Kier alpha value is -2.42. The Morgan fingerprint density at radius 3 is 2.62 bits per heavy atom. The Balaban J connectivity index is 1.98. The van der Waals surface area contributed by atoms with Crippen LogP contribution in [0.3, 0.4) is 0 Å². The van der Waals surface area contributed by atoms with Crippen LogP contribution in [0.15, 0.2) is 53.3 Å². The molecule has 0 saturated heterocycles. The summed E-state index contributed by atoms with van der Waals surface area (Å²) < 4.78 is 24.9. The fourth-order valence-corrected chi connectivity index (χ4v) is 4.08. The average Bonchev–Trinajstić information content (AvgIpc) is 3.16. The predicted molar refractivity (Wildman–Crippen MR) is 106 cm³/mol. The molecule has 0 aliphatic heterocycles. The Morgan fingerprint density at radius 2 is 2.00 bits per heavy atom. The number of anilines is 1. The molecule has 2 heterocycles. The molecular weight excluding hydrogens is 368 g/mol. The van der Waals surface area contributed by atoms with Crippen molar-refractivity contribution in [3.63, 3.8) is 0 Å². The van der Waals surface area contributed by atoms with Gasteiger partial charge in [0.2, 0.25) is 10.0 Å². The van der Waals surface area contributed by atoms with E-state index in [0.717, 1.165) is 33.5 Å². The molecule has 0 saturated carbocycles. The molecule has 0 bridgehead atoms. The highest BCUT2D eigenvalue weighted by Crippen LogP contribution is 2.31. The third-order valence-electron chi connectivity index (χ3n) is 4.03. The summed E-state index contributed by atoms with van der Waals surface area (Å²) in [4.78, 5) is 4.72. The lowest BCUT2D eigenvalue weighted by atomic mass is 10.2. The third kappa shape index (κ3) is 3.57. The van der Waals surface area contributed by atoms with Crippen molar-refractivity contribution < 1.29 is 8.42 Å². The molecule has 0 aliphatic rings. The van der Waals surface area contributed by atoms with Crippen LogP contribution in [-0.4, -0.2) is 24.5 Å². The van der Waals surface area contributed by atoms with E-state index in [1.807, 2.05) is 19.2 Å². The molecule has 0 spiro atoms. The highest BCUT2D eigenvalue weighted by molar-refractivity contribution is 7.89. The van der Waals surface area contributed by atoms with Crippen molar-refractivity contribution in [2.24, 2.45) is 5.14 Å².